The lowest BCUT2D eigenvalue weighted by atomic mass is 10.0. The number of carbonyl (C=O) groups excluding carboxylic acids is 1. The Morgan fingerprint density at radius 1 is 1.28 bits per heavy atom. The minimum absolute atomic E-state index is 0.0325. The largest absolute Gasteiger partial charge is 0.410 e. The van der Waals surface area contributed by atoms with E-state index in [9.17, 15) is 18.0 Å². The first kappa shape index (κ1) is 20.1. The van der Waals surface area contributed by atoms with Crippen LogP contribution in [0.4, 0.5) is 24.7 Å². The van der Waals surface area contributed by atoms with Crippen LogP contribution in [0.15, 0.2) is 41.8 Å². The Hall–Kier alpha value is -2.23. The molecule has 0 bridgehead atoms. The monoisotopic (exact) mass is 460 g/mol. The van der Waals surface area contributed by atoms with Crippen LogP contribution in [-0.2, 0) is 0 Å². The predicted molar refractivity (Wildman–Crippen MR) is 107 cm³/mol. The SMILES string of the molecule is O=C(Nc1cccc(Cl)c1)c1nn2c(c1Cl)NC(c1cccs1)CC2C(F)(F)F. The van der Waals surface area contributed by atoms with Crippen LogP contribution in [0.2, 0.25) is 10.0 Å². The molecular formula is C18H13Cl2F3N4OS. The van der Waals surface area contributed by atoms with Gasteiger partial charge in [-0.25, -0.2) is 4.68 Å². The summed E-state index contributed by atoms with van der Waals surface area (Å²) in [6, 6.07) is 7.38. The molecule has 0 spiro atoms. The number of amides is 1. The smallest absolute Gasteiger partial charge is 0.361 e. The molecule has 0 radical (unpaired) electrons. The molecule has 3 heterocycles. The average Bonchev–Trinajstić information content (AvgIpc) is 3.29. The van der Waals surface area contributed by atoms with E-state index >= 15 is 0 Å². The van der Waals surface area contributed by atoms with Gasteiger partial charge in [-0.05, 0) is 29.6 Å². The molecule has 4 rings (SSSR count). The minimum Gasteiger partial charge on any atom is -0.361 e. The van der Waals surface area contributed by atoms with Gasteiger partial charge in [0.1, 0.15) is 10.8 Å². The molecule has 2 aromatic heterocycles. The number of fused-ring (bicyclic) bond motifs is 1. The van der Waals surface area contributed by atoms with Crippen molar-refractivity contribution in [3.63, 3.8) is 0 Å². The van der Waals surface area contributed by atoms with Gasteiger partial charge < -0.3 is 10.6 Å². The molecule has 3 aromatic rings. The number of rotatable bonds is 3. The first-order valence-corrected chi connectivity index (χ1v) is 10.1. The standard InChI is InChI=1S/C18H13Cl2F3N4OS/c19-9-3-1-4-10(7-9)24-17(28)15-14(20)16-25-11(12-5-2-6-29-12)8-13(18(21,22)23)27(16)26-15/h1-7,11,13,25H,8H2,(H,24,28). The molecule has 152 valence electrons. The summed E-state index contributed by atoms with van der Waals surface area (Å²) in [7, 11) is 0. The zero-order chi connectivity index (χ0) is 20.8. The Bertz CT molecular complexity index is 1050. The number of anilines is 2. The third-order valence-corrected chi connectivity index (χ3v) is 6.06. The molecule has 2 unspecified atom stereocenters. The number of aromatic nitrogens is 2. The van der Waals surface area contributed by atoms with Crippen LogP contribution in [0.25, 0.3) is 0 Å². The number of halogens is 5. The number of carbonyl (C=O) groups is 1. The summed E-state index contributed by atoms with van der Waals surface area (Å²) in [5, 5.41) is 11.5. The van der Waals surface area contributed by atoms with Crippen molar-refractivity contribution in [2.45, 2.75) is 24.7 Å². The molecule has 1 aliphatic rings. The summed E-state index contributed by atoms with van der Waals surface area (Å²) in [6.07, 6.45) is -4.81. The van der Waals surface area contributed by atoms with E-state index in [1.807, 2.05) is 0 Å². The third kappa shape index (κ3) is 3.94. The number of hydrogen-bond acceptors (Lipinski definition) is 4. The van der Waals surface area contributed by atoms with E-state index in [-0.39, 0.29) is 23.0 Å². The van der Waals surface area contributed by atoms with E-state index in [0.717, 1.165) is 9.56 Å². The van der Waals surface area contributed by atoms with Crippen molar-refractivity contribution in [1.29, 1.82) is 0 Å². The summed E-state index contributed by atoms with van der Waals surface area (Å²) >= 11 is 13.5. The van der Waals surface area contributed by atoms with Crippen molar-refractivity contribution in [2.24, 2.45) is 0 Å². The summed E-state index contributed by atoms with van der Waals surface area (Å²) in [6.45, 7) is 0. The Morgan fingerprint density at radius 3 is 2.72 bits per heavy atom. The van der Waals surface area contributed by atoms with Gasteiger partial charge in [0.2, 0.25) is 0 Å². The Morgan fingerprint density at radius 2 is 2.07 bits per heavy atom. The number of hydrogen-bond donors (Lipinski definition) is 2. The average molecular weight is 461 g/mol. The normalized spacial score (nSPS) is 18.8. The lowest BCUT2D eigenvalue weighted by Crippen LogP contribution is -2.35. The Labute approximate surface area is 177 Å². The maximum Gasteiger partial charge on any atom is 0.410 e. The molecule has 0 saturated carbocycles. The van der Waals surface area contributed by atoms with Crippen LogP contribution in [0, 0.1) is 0 Å². The van der Waals surface area contributed by atoms with Crippen LogP contribution < -0.4 is 10.6 Å². The van der Waals surface area contributed by atoms with Gasteiger partial charge in [-0.2, -0.15) is 18.3 Å². The lowest BCUT2D eigenvalue weighted by molar-refractivity contribution is -0.173. The van der Waals surface area contributed by atoms with Gasteiger partial charge >= 0.3 is 6.18 Å². The molecule has 1 aliphatic heterocycles. The molecule has 0 aliphatic carbocycles. The summed E-state index contributed by atoms with van der Waals surface area (Å²) in [5.74, 6) is -0.760. The Balaban J connectivity index is 1.70. The van der Waals surface area contributed by atoms with E-state index in [0.29, 0.717) is 10.7 Å². The van der Waals surface area contributed by atoms with Crippen LogP contribution in [0.1, 0.15) is 33.9 Å². The zero-order valence-corrected chi connectivity index (χ0v) is 16.8. The van der Waals surface area contributed by atoms with Crippen molar-refractivity contribution in [2.75, 3.05) is 10.6 Å². The maximum absolute atomic E-state index is 13.7. The minimum atomic E-state index is -4.55. The van der Waals surface area contributed by atoms with E-state index in [4.69, 9.17) is 23.2 Å². The third-order valence-electron chi connectivity index (χ3n) is 4.48. The molecule has 1 aromatic carbocycles. The van der Waals surface area contributed by atoms with Crippen LogP contribution in [0.3, 0.4) is 0 Å². The number of benzene rings is 1. The van der Waals surface area contributed by atoms with Gasteiger partial charge in [-0.3, -0.25) is 4.79 Å². The van der Waals surface area contributed by atoms with Crippen molar-refractivity contribution < 1.29 is 18.0 Å². The fourth-order valence-corrected chi connectivity index (χ4v) is 4.41. The van der Waals surface area contributed by atoms with Gasteiger partial charge in [0.05, 0.1) is 6.04 Å². The summed E-state index contributed by atoms with van der Waals surface area (Å²) in [5.41, 5.74) is 0.0801. The van der Waals surface area contributed by atoms with Crippen molar-refractivity contribution in [1.82, 2.24) is 9.78 Å². The number of alkyl halides is 3. The molecule has 11 heteroatoms. The first-order valence-electron chi connectivity index (χ1n) is 8.45. The van der Waals surface area contributed by atoms with E-state index < -0.39 is 24.2 Å². The topological polar surface area (TPSA) is 59.0 Å². The van der Waals surface area contributed by atoms with Crippen molar-refractivity contribution in [3.8, 4) is 0 Å². The second kappa shape index (κ2) is 7.55. The number of nitrogens with one attached hydrogen (secondary N) is 2. The van der Waals surface area contributed by atoms with E-state index in [2.05, 4.69) is 15.7 Å². The van der Waals surface area contributed by atoms with Crippen molar-refractivity contribution in [3.05, 3.63) is 62.4 Å². The predicted octanol–water partition coefficient (Wildman–Crippen LogP) is 6.16. The molecule has 0 saturated heterocycles. The van der Waals surface area contributed by atoms with Gasteiger partial charge in [-0.15, -0.1) is 11.3 Å². The van der Waals surface area contributed by atoms with E-state index in [1.54, 1.807) is 35.7 Å². The summed E-state index contributed by atoms with van der Waals surface area (Å²) in [4.78, 5) is 13.4. The second-order valence-electron chi connectivity index (χ2n) is 6.43. The van der Waals surface area contributed by atoms with Crippen LogP contribution in [-0.4, -0.2) is 21.9 Å². The summed E-state index contributed by atoms with van der Waals surface area (Å²) < 4.78 is 41.9. The number of thiophene rings is 1. The van der Waals surface area contributed by atoms with E-state index in [1.165, 1.54) is 17.4 Å². The molecule has 2 atom stereocenters. The number of nitrogens with zero attached hydrogens (tertiary/aromatic N) is 2. The molecular weight excluding hydrogens is 448 g/mol. The fourth-order valence-electron chi connectivity index (χ4n) is 3.17. The molecule has 5 nitrogen and oxygen atoms in total. The highest BCUT2D eigenvalue weighted by Gasteiger charge is 2.48. The Kier molecular flexibility index (Phi) is 5.22. The quantitative estimate of drug-likeness (QED) is 0.491. The second-order valence-corrected chi connectivity index (χ2v) is 8.22. The van der Waals surface area contributed by atoms with Gasteiger partial charge in [0, 0.05) is 22.0 Å². The van der Waals surface area contributed by atoms with Crippen LogP contribution >= 0.6 is 34.5 Å². The van der Waals surface area contributed by atoms with Crippen LogP contribution in [0.5, 0.6) is 0 Å². The highest BCUT2D eigenvalue weighted by Crippen LogP contribution is 2.46. The van der Waals surface area contributed by atoms with Crippen molar-refractivity contribution >= 4 is 52.0 Å². The molecule has 0 fully saturated rings. The van der Waals surface area contributed by atoms with Gasteiger partial charge in [-0.1, -0.05) is 35.3 Å². The molecule has 2 N–H and O–H groups in total. The highest BCUT2D eigenvalue weighted by atomic mass is 35.5. The lowest BCUT2D eigenvalue weighted by Gasteiger charge is -2.32. The van der Waals surface area contributed by atoms with Gasteiger partial charge in [0.25, 0.3) is 5.91 Å². The fraction of sp³-hybridized carbons (Fsp3) is 0.222. The zero-order valence-electron chi connectivity index (χ0n) is 14.5. The first-order chi connectivity index (χ1) is 13.7. The van der Waals surface area contributed by atoms with Gasteiger partial charge in [0.15, 0.2) is 11.7 Å². The molecule has 1 amide bonds. The maximum atomic E-state index is 13.7. The molecule has 29 heavy (non-hydrogen) atoms. The highest BCUT2D eigenvalue weighted by molar-refractivity contribution is 7.10.